The number of hydrogen-bond donors (Lipinski definition) is 1. The summed E-state index contributed by atoms with van der Waals surface area (Å²) in [5.41, 5.74) is 4.24. The molecule has 7 nitrogen and oxygen atoms in total. The van der Waals surface area contributed by atoms with Crippen molar-refractivity contribution in [3.05, 3.63) is 35.8 Å². The summed E-state index contributed by atoms with van der Waals surface area (Å²) in [5.74, 6) is 0.576. The van der Waals surface area contributed by atoms with Crippen LogP contribution in [0.2, 0.25) is 0 Å². The van der Waals surface area contributed by atoms with Gasteiger partial charge in [0.2, 0.25) is 0 Å². The lowest BCUT2D eigenvalue weighted by atomic mass is 10.0. The number of aromatic nitrogens is 3. The molecule has 158 valence electrons. The van der Waals surface area contributed by atoms with Gasteiger partial charge >= 0.3 is 0 Å². The maximum absolute atomic E-state index is 9.74. The number of nitriles is 1. The summed E-state index contributed by atoms with van der Waals surface area (Å²) in [4.78, 5) is 19.1. The quantitative estimate of drug-likeness (QED) is 0.694. The molecular weight excluding hydrogens is 388 g/mol. The molecule has 2 aliphatic heterocycles. The van der Waals surface area contributed by atoms with Crippen molar-refractivity contribution in [2.24, 2.45) is 4.99 Å². The molecule has 0 unspecified atom stereocenters. The lowest BCUT2D eigenvalue weighted by molar-refractivity contribution is 0.0849. The number of allylic oxidation sites excluding steroid dienone is 1. The van der Waals surface area contributed by atoms with E-state index >= 15 is 0 Å². The fraction of sp³-hybridized carbons (Fsp3) is 0.417. The molecule has 0 spiro atoms. The largest absolute Gasteiger partial charge is 0.487 e. The average Bonchev–Trinajstić information content (AvgIpc) is 3.18. The van der Waals surface area contributed by atoms with Crippen LogP contribution in [0.1, 0.15) is 44.4 Å². The van der Waals surface area contributed by atoms with Gasteiger partial charge in [-0.2, -0.15) is 5.26 Å². The third-order valence-corrected chi connectivity index (χ3v) is 6.30. The molecule has 0 saturated carbocycles. The van der Waals surface area contributed by atoms with E-state index < -0.39 is 0 Å². The number of hydrogen-bond acceptors (Lipinski definition) is 6. The van der Waals surface area contributed by atoms with Gasteiger partial charge in [0.25, 0.3) is 0 Å². The summed E-state index contributed by atoms with van der Waals surface area (Å²) in [6.07, 6.45) is 10.4. The first-order chi connectivity index (χ1) is 15.1. The minimum Gasteiger partial charge on any atom is -0.487 e. The lowest BCUT2D eigenvalue weighted by Gasteiger charge is -2.34. The fourth-order valence-corrected chi connectivity index (χ4v) is 4.51. The van der Waals surface area contributed by atoms with E-state index in [-0.39, 0.29) is 6.10 Å². The Morgan fingerprint density at radius 3 is 2.77 bits per heavy atom. The number of aliphatic imine (C=N–C) groups is 1. The first-order valence-corrected chi connectivity index (χ1v) is 10.9. The Balaban J connectivity index is 1.57. The minimum atomic E-state index is 0.0767. The molecule has 1 saturated heterocycles. The van der Waals surface area contributed by atoms with E-state index in [2.05, 4.69) is 50.8 Å². The number of pyridine rings is 2. The van der Waals surface area contributed by atoms with Crippen molar-refractivity contribution < 1.29 is 4.74 Å². The van der Waals surface area contributed by atoms with Gasteiger partial charge < -0.3 is 14.6 Å². The highest BCUT2D eigenvalue weighted by Crippen LogP contribution is 2.37. The normalized spacial score (nSPS) is 17.9. The summed E-state index contributed by atoms with van der Waals surface area (Å²) >= 11 is 0. The molecule has 0 aromatic carbocycles. The molecule has 0 bridgehead atoms. The number of fused-ring (bicyclic) bond motifs is 3. The van der Waals surface area contributed by atoms with E-state index in [0.717, 1.165) is 66.4 Å². The van der Waals surface area contributed by atoms with Gasteiger partial charge in [0.1, 0.15) is 17.8 Å². The van der Waals surface area contributed by atoms with Crippen molar-refractivity contribution in [2.75, 3.05) is 19.6 Å². The molecule has 5 rings (SSSR count). The van der Waals surface area contributed by atoms with Gasteiger partial charge in [-0.3, -0.25) is 4.99 Å². The van der Waals surface area contributed by atoms with Gasteiger partial charge in [0.05, 0.1) is 17.1 Å². The molecule has 0 amide bonds. The summed E-state index contributed by atoms with van der Waals surface area (Å²) in [6, 6.07) is 4.91. The first kappa shape index (κ1) is 19.7. The zero-order valence-corrected chi connectivity index (χ0v) is 17.9. The predicted octanol–water partition coefficient (Wildman–Crippen LogP) is 4.09. The molecule has 3 aromatic heterocycles. The van der Waals surface area contributed by atoms with Crippen molar-refractivity contribution in [3.8, 4) is 11.8 Å². The number of rotatable bonds is 4. The van der Waals surface area contributed by atoms with Crippen LogP contribution in [-0.2, 0) is 0 Å². The number of nitrogens with one attached hydrogen (secondary N) is 1. The standard InChI is InChI=1S/C24H26N6O/c1-15(2)30-9-5-18(6-10-30)31-23-20(12-25)27-14-21-22(23)19-11-17(13-28-24(19)29-21)16-3-7-26-8-4-16/h3,7,11,13-15,18H,4-6,8-10H2,1-2H3,(H,28,29). The van der Waals surface area contributed by atoms with Crippen LogP contribution >= 0.6 is 0 Å². The van der Waals surface area contributed by atoms with Gasteiger partial charge in [-0.25, -0.2) is 9.97 Å². The van der Waals surface area contributed by atoms with E-state index in [1.807, 2.05) is 18.5 Å². The van der Waals surface area contributed by atoms with Crippen LogP contribution in [0.3, 0.4) is 0 Å². The molecule has 2 aliphatic rings. The highest BCUT2D eigenvalue weighted by atomic mass is 16.5. The molecule has 1 fully saturated rings. The van der Waals surface area contributed by atoms with Gasteiger partial charge in [-0.15, -0.1) is 0 Å². The number of likely N-dealkylation sites (tertiary alicyclic amines) is 1. The molecule has 0 radical (unpaired) electrons. The lowest BCUT2D eigenvalue weighted by Crippen LogP contribution is -2.41. The van der Waals surface area contributed by atoms with Crippen molar-refractivity contribution in [1.82, 2.24) is 19.9 Å². The van der Waals surface area contributed by atoms with Crippen molar-refractivity contribution in [3.63, 3.8) is 0 Å². The maximum Gasteiger partial charge on any atom is 0.183 e. The number of ether oxygens (including phenoxy) is 1. The molecule has 31 heavy (non-hydrogen) atoms. The molecule has 5 heterocycles. The van der Waals surface area contributed by atoms with Gasteiger partial charge in [-0.1, -0.05) is 0 Å². The first-order valence-electron chi connectivity index (χ1n) is 10.9. The van der Waals surface area contributed by atoms with E-state index in [0.29, 0.717) is 17.5 Å². The number of dihydropyridines is 1. The maximum atomic E-state index is 9.74. The third kappa shape index (κ3) is 3.68. The van der Waals surface area contributed by atoms with E-state index in [1.54, 1.807) is 6.20 Å². The minimum absolute atomic E-state index is 0.0767. The molecule has 7 heteroatoms. The Labute approximate surface area is 181 Å². The smallest absolute Gasteiger partial charge is 0.183 e. The second-order valence-corrected chi connectivity index (χ2v) is 8.53. The molecule has 0 aliphatic carbocycles. The summed E-state index contributed by atoms with van der Waals surface area (Å²) in [5, 5.41) is 11.6. The number of nitrogens with zero attached hydrogens (tertiary/aromatic N) is 5. The number of H-pyrrole nitrogens is 1. The Hall–Kier alpha value is -3.24. The number of piperidine rings is 1. The van der Waals surface area contributed by atoms with E-state index in [1.165, 1.54) is 5.57 Å². The van der Waals surface area contributed by atoms with Gasteiger partial charge in [0.15, 0.2) is 11.4 Å². The summed E-state index contributed by atoms with van der Waals surface area (Å²) < 4.78 is 6.48. The van der Waals surface area contributed by atoms with Crippen LogP contribution in [0.5, 0.6) is 5.75 Å². The highest BCUT2D eigenvalue weighted by molar-refractivity contribution is 6.10. The zero-order chi connectivity index (χ0) is 21.4. The van der Waals surface area contributed by atoms with Crippen LogP contribution in [0.25, 0.3) is 27.5 Å². The van der Waals surface area contributed by atoms with Crippen LogP contribution in [-0.4, -0.2) is 57.8 Å². The van der Waals surface area contributed by atoms with Gasteiger partial charge in [-0.05, 0) is 56.4 Å². The Morgan fingerprint density at radius 2 is 2.06 bits per heavy atom. The van der Waals surface area contributed by atoms with Crippen LogP contribution in [0.15, 0.2) is 29.5 Å². The molecule has 3 aromatic rings. The Bertz CT molecular complexity index is 1220. The second-order valence-electron chi connectivity index (χ2n) is 8.53. The average molecular weight is 415 g/mol. The topological polar surface area (TPSA) is 90.2 Å². The molecule has 1 N–H and O–H groups in total. The van der Waals surface area contributed by atoms with Crippen molar-refractivity contribution in [2.45, 2.75) is 45.3 Å². The monoisotopic (exact) mass is 414 g/mol. The highest BCUT2D eigenvalue weighted by Gasteiger charge is 2.25. The van der Waals surface area contributed by atoms with Crippen LogP contribution in [0, 0.1) is 11.3 Å². The SMILES string of the molecule is CC(C)N1CCC(Oc2c(C#N)ncc3[nH]c4ncc(C5=CC=NCC5)cc4c23)CC1. The Morgan fingerprint density at radius 1 is 1.23 bits per heavy atom. The predicted molar refractivity (Wildman–Crippen MR) is 122 cm³/mol. The van der Waals surface area contributed by atoms with Crippen molar-refractivity contribution in [1.29, 1.82) is 5.26 Å². The fourth-order valence-electron chi connectivity index (χ4n) is 4.51. The molecular formula is C24H26N6O. The number of aromatic amines is 1. The third-order valence-electron chi connectivity index (χ3n) is 6.30. The second kappa shape index (κ2) is 8.12. The summed E-state index contributed by atoms with van der Waals surface area (Å²) in [6.45, 7) is 7.25. The van der Waals surface area contributed by atoms with Gasteiger partial charge in [0, 0.05) is 43.5 Å². The van der Waals surface area contributed by atoms with E-state index in [4.69, 9.17) is 4.74 Å². The van der Waals surface area contributed by atoms with Crippen LogP contribution in [0.4, 0.5) is 0 Å². The zero-order valence-electron chi connectivity index (χ0n) is 17.9. The summed E-state index contributed by atoms with van der Waals surface area (Å²) in [7, 11) is 0. The van der Waals surface area contributed by atoms with Crippen molar-refractivity contribution >= 4 is 33.7 Å². The van der Waals surface area contributed by atoms with E-state index in [9.17, 15) is 5.26 Å². The van der Waals surface area contributed by atoms with Crippen LogP contribution < -0.4 is 4.74 Å². The Kier molecular flexibility index (Phi) is 5.16. The molecule has 0 atom stereocenters.